The van der Waals surface area contributed by atoms with E-state index in [0.29, 0.717) is 17.0 Å². The number of rotatable bonds is 5. The van der Waals surface area contributed by atoms with Crippen molar-refractivity contribution in [3.05, 3.63) is 59.5 Å². The van der Waals surface area contributed by atoms with Gasteiger partial charge in [-0.25, -0.2) is 28.5 Å². The van der Waals surface area contributed by atoms with E-state index in [1.165, 1.54) is 28.3 Å². The monoisotopic (exact) mass is 458 g/mol. The van der Waals surface area contributed by atoms with Gasteiger partial charge in [0.15, 0.2) is 23.2 Å². The van der Waals surface area contributed by atoms with Crippen molar-refractivity contribution in [2.75, 3.05) is 5.32 Å². The molecule has 1 aliphatic heterocycles. The second kappa shape index (κ2) is 7.90. The molecule has 0 amide bonds. The molecule has 1 aromatic carbocycles. The number of hydrogen-bond acceptors (Lipinski definition) is 9. The smallest absolute Gasteiger partial charge is 0.230 e. The van der Waals surface area contributed by atoms with Crippen molar-refractivity contribution in [2.24, 2.45) is 5.14 Å². The van der Waals surface area contributed by atoms with E-state index in [2.05, 4.69) is 32.4 Å². The molecule has 2 aromatic heterocycles. The summed E-state index contributed by atoms with van der Waals surface area (Å²) in [5, 5.41) is 29.9. The highest BCUT2D eigenvalue weighted by Crippen LogP contribution is 2.36. The Bertz CT molecular complexity index is 1290. The summed E-state index contributed by atoms with van der Waals surface area (Å²) in [5.74, 6) is 0.550. The van der Waals surface area contributed by atoms with E-state index < -0.39 is 34.6 Å². The number of sulfonamides is 1. The van der Waals surface area contributed by atoms with Gasteiger partial charge in [-0.2, -0.15) is 0 Å². The number of nitrogens with two attached hydrogens (primary N) is 1. The number of imidazole rings is 1. The molecule has 3 heterocycles. The molecule has 3 aromatic rings. The molecule has 1 fully saturated rings. The number of benzene rings is 1. The third kappa shape index (κ3) is 3.76. The van der Waals surface area contributed by atoms with E-state index >= 15 is 0 Å². The summed E-state index contributed by atoms with van der Waals surface area (Å²) >= 11 is 0. The maximum absolute atomic E-state index is 11.2. The van der Waals surface area contributed by atoms with Gasteiger partial charge in [0.25, 0.3) is 0 Å². The first-order valence-corrected chi connectivity index (χ1v) is 11.7. The molecule has 1 aliphatic carbocycles. The van der Waals surface area contributed by atoms with Crippen LogP contribution in [0.25, 0.3) is 11.2 Å². The molecule has 5 N–H and O–H groups in total. The molecule has 168 valence electrons. The van der Waals surface area contributed by atoms with E-state index in [1.807, 2.05) is 12.1 Å². The zero-order valence-electron chi connectivity index (χ0n) is 16.8. The number of aromatic nitrogens is 4. The topological polar surface area (TPSA) is 165 Å². The fourth-order valence-corrected chi connectivity index (χ4v) is 4.65. The van der Waals surface area contributed by atoms with Crippen molar-refractivity contribution < 1.29 is 23.4 Å². The SMILES string of the molecule is NS(=O)(=O)C=C[C@H]1O[C@@H](n2cnc3c(N[C@H]4CCc5ccccc54)ncnc32)[C@H](O)[C@@H]1O. The van der Waals surface area contributed by atoms with Gasteiger partial charge in [0.2, 0.25) is 10.0 Å². The lowest BCUT2D eigenvalue weighted by Gasteiger charge is -2.17. The lowest BCUT2D eigenvalue weighted by molar-refractivity contribution is -0.0244. The molecule has 0 unspecified atom stereocenters. The van der Waals surface area contributed by atoms with Crippen LogP contribution in [0, 0.1) is 0 Å². The van der Waals surface area contributed by atoms with E-state index in [9.17, 15) is 18.6 Å². The number of aliphatic hydroxyl groups is 2. The number of anilines is 1. The van der Waals surface area contributed by atoms with Crippen LogP contribution in [0.2, 0.25) is 0 Å². The fourth-order valence-electron chi connectivity index (χ4n) is 4.28. The Balaban J connectivity index is 1.43. The van der Waals surface area contributed by atoms with E-state index in [4.69, 9.17) is 9.88 Å². The average Bonchev–Trinajstić information content (AvgIpc) is 3.44. The second-order valence-corrected chi connectivity index (χ2v) is 9.32. The molecule has 11 nitrogen and oxygen atoms in total. The van der Waals surface area contributed by atoms with Crippen molar-refractivity contribution >= 4 is 27.0 Å². The van der Waals surface area contributed by atoms with Gasteiger partial charge in [0.05, 0.1) is 12.4 Å². The summed E-state index contributed by atoms with van der Waals surface area (Å²) < 4.78 is 29.5. The summed E-state index contributed by atoms with van der Waals surface area (Å²) in [7, 11) is -3.90. The minimum atomic E-state index is -3.90. The first kappa shape index (κ1) is 21.0. The van der Waals surface area contributed by atoms with Gasteiger partial charge >= 0.3 is 0 Å². The Labute approximate surface area is 183 Å². The van der Waals surface area contributed by atoms with E-state index in [0.717, 1.165) is 24.3 Å². The molecular weight excluding hydrogens is 436 g/mol. The molecule has 0 saturated carbocycles. The van der Waals surface area contributed by atoms with Crippen LogP contribution in [0.15, 0.2) is 48.4 Å². The van der Waals surface area contributed by atoms with Gasteiger partial charge in [-0.3, -0.25) is 4.57 Å². The third-order valence-electron chi connectivity index (χ3n) is 5.81. The summed E-state index contributed by atoms with van der Waals surface area (Å²) in [5.41, 5.74) is 3.42. The van der Waals surface area contributed by atoms with Crippen LogP contribution < -0.4 is 10.5 Å². The van der Waals surface area contributed by atoms with Gasteiger partial charge in [-0.05, 0) is 30.0 Å². The Kier molecular flexibility index (Phi) is 5.18. The quantitative estimate of drug-likeness (QED) is 0.422. The maximum Gasteiger partial charge on any atom is 0.230 e. The molecule has 1 saturated heterocycles. The van der Waals surface area contributed by atoms with E-state index in [-0.39, 0.29) is 6.04 Å². The van der Waals surface area contributed by atoms with Gasteiger partial charge in [-0.15, -0.1) is 0 Å². The Morgan fingerprint density at radius 2 is 2.00 bits per heavy atom. The van der Waals surface area contributed by atoms with Crippen LogP contribution in [0.1, 0.15) is 29.8 Å². The number of aryl methyl sites for hydroxylation is 1. The lowest BCUT2D eigenvalue weighted by Crippen LogP contribution is -2.30. The average molecular weight is 459 g/mol. The zero-order chi connectivity index (χ0) is 22.5. The highest BCUT2D eigenvalue weighted by Gasteiger charge is 2.43. The van der Waals surface area contributed by atoms with Crippen LogP contribution >= 0.6 is 0 Å². The summed E-state index contributed by atoms with van der Waals surface area (Å²) in [6, 6.07) is 8.34. The van der Waals surface area contributed by atoms with Crippen LogP contribution in [0.5, 0.6) is 0 Å². The van der Waals surface area contributed by atoms with Crippen LogP contribution in [-0.4, -0.2) is 56.5 Å². The van der Waals surface area contributed by atoms with Crippen LogP contribution in [0.3, 0.4) is 0 Å². The molecule has 32 heavy (non-hydrogen) atoms. The predicted molar refractivity (Wildman–Crippen MR) is 115 cm³/mol. The number of hydrogen-bond donors (Lipinski definition) is 4. The maximum atomic E-state index is 11.2. The molecule has 0 bridgehead atoms. The number of ether oxygens (including phenoxy) is 1. The Morgan fingerprint density at radius 1 is 1.19 bits per heavy atom. The predicted octanol–water partition coefficient (Wildman–Crippen LogP) is 0.347. The highest BCUT2D eigenvalue weighted by molar-refractivity contribution is 7.92. The van der Waals surface area contributed by atoms with Crippen molar-refractivity contribution in [3.8, 4) is 0 Å². The van der Waals surface area contributed by atoms with Crippen molar-refractivity contribution in [2.45, 2.75) is 43.4 Å². The van der Waals surface area contributed by atoms with Gasteiger partial charge in [0.1, 0.15) is 24.6 Å². The van der Waals surface area contributed by atoms with Gasteiger partial charge in [0, 0.05) is 5.41 Å². The molecule has 2 aliphatic rings. The summed E-state index contributed by atoms with van der Waals surface area (Å²) in [6.45, 7) is 0. The number of aliphatic hydroxyl groups excluding tert-OH is 2. The minimum Gasteiger partial charge on any atom is -0.387 e. The molecule has 12 heteroatoms. The van der Waals surface area contributed by atoms with Crippen LogP contribution in [0.4, 0.5) is 5.82 Å². The molecular formula is C20H22N6O5S. The van der Waals surface area contributed by atoms with Gasteiger partial charge in [-0.1, -0.05) is 24.3 Å². The molecule has 0 spiro atoms. The standard InChI is InChI=1S/C20H22N6O5S/c21-32(29,30)8-7-14-16(27)17(28)20(31-14)26-10-24-15-18(22-9-23-19(15)26)25-13-6-5-11-3-1-2-4-12(11)13/h1-4,7-10,13-14,16-17,20,27-28H,5-6H2,(H2,21,29,30)(H,22,23,25)/t13-,14+,16+,17+,20+/m0/s1. The van der Waals surface area contributed by atoms with Crippen molar-refractivity contribution in [1.82, 2.24) is 19.5 Å². The number of fused-ring (bicyclic) bond motifs is 2. The minimum absolute atomic E-state index is 0.0947. The van der Waals surface area contributed by atoms with E-state index in [1.54, 1.807) is 0 Å². The largest absolute Gasteiger partial charge is 0.387 e. The van der Waals surface area contributed by atoms with Crippen LogP contribution in [-0.2, 0) is 21.2 Å². The third-order valence-corrected chi connectivity index (χ3v) is 6.35. The molecule has 5 atom stereocenters. The lowest BCUT2D eigenvalue weighted by atomic mass is 10.1. The van der Waals surface area contributed by atoms with Crippen molar-refractivity contribution in [3.63, 3.8) is 0 Å². The zero-order valence-corrected chi connectivity index (χ0v) is 17.6. The fraction of sp³-hybridized carbons (Fsp3) is 0.350. The number of primary sulfonamides is 1. The van der Waals surface area contributed by atoms with Gasteiger partial charge < -0.3 is 20.3 Å². The first-order valence-electron chi connectivity index (χ1n) is 10.1. The Hall–Kier alpha value is -2.90. The number of nitrogens with zero attached hydrogens (tertiary/aromatic N) is 4. The Morgan fingerprint density at radius 3 is 2.81 bits per heavy atom. The second-order valence-electron chi connectivity index (χ2n) is 7.87. The van der Waals surface area contributed by atoms with Crippen molar-refractivity contribution in [1.29, 1.82) is 0 Å². The summed E-state index contributed by atoms with van der Waals surface area (Å²) in [4.78, 5) is 13.0. The number of nitrogens with one attached hydrogen (secondary N) is 1. The highest BCUT2D eigenvalue weighted by atomic mass is 32.2. The molecule has 5 rings (SSSR count). The normalized spacial score (nSPS) is 27.9. The first-order chi connectivity index (χ1) is 15.3. The molecule has 0 radical (unpaired) electrons. The summed E-state index contributed by atoms with van der Waals surface area (Å²) in [6.07, 6.45) is 1.05.